The Balaban J connectivity index is 1.69. The summed E-state index contributed by atoms with van der Waals surface area (Å²) in [5.74, 6) is 1.72. The molecule has 0 aromatic heterocycles. The Kier molecular flexibility index (Phi) is 3.29. The van der Waals surface area contributed by atoms with Gasteiger partial charge in [0.05, 0.1) is 6.61 Å². The van der Waals surface area contributed by atoms with E-state index in [2.05, 4.69) is 36.5 Å². The first kappa shape index (κ1) is 12.0. The Morgan fingerprint density at radius 1 is 1.33 bits per heavy atom. The highest BCUT2D eigenvalue weighted by Gasteiger charge is 2.40. The molecule has 98 valence electrons. The first-order chi connectivity index (χ1) is 8.83. The molecular formula is C16H23NO. The number of nitrogens with one attached hydrogen (secondary N) is 1. The molecule has 0 saturated heterocycles. The van der Waals surface area contributed by atoms with Crippen molar-refractivity contribution in [2.75, 3.05) is 19.7 Å². The number of benzene rings is 1. The second-order valence-electron chi connectivity index (χ2n) is 5.88. The summed E-state index contributed by atoms with van der Waals surface area (Å²) in [6.07, 6.45) is 5.47. The van der Waals surface area contributed by atoms with Gasteiger partial charge in [0.25, 0.3) is 0 Å². The highest BCUT2D eigenvalue weighted by atomic mass is 16.5. The molecule has 1 aliphatic carbocycles. The molecule has 2 aliphatic rings. The number of fused-ring (bicyclic) bond motifs is 1. The van der Waals surface area contributed by atoms with Gasteiger partial charge in [0, 0.05) is 18.0 Å². The average Bonchev–Trinajstić information content (AvgIpc) is 2.76. The van der Waals surface area contributed by atoms with E-state index >= 15 is 0 Å². The van der Waals surface area contributed by atoms with Gasteiger partial charge < -0.3 is 10.1 Å². The first-order valence-corrected chi connectivity index (χ1v) is 7.25. The van der Waals surface area contributed by atoms with Gasteiger partial charge in [-0.1, -0.05) is 31.5 Å². The Labute approximate surface area is 110 Å². The fraction of sp³-hybridized carbons (Fsp3) is 0.625. The molecule has 1 aromatic rings. The third kappa shape index (κ3) is 2.14. The molecule has 1 N–H and O–H groups in total. The highest BCUT2D eigenvalue weighted by Crippen LogP contribution is 2.49. The van der Waals surface area contributed by atoms with Crippen LogP contribution in [-0.4, -0.2) is 19.7 Å². The van der Waals surface area contributed by atoms with Gasteiger partial charge in [-0.15, -0.1) is 0 Å². The van der Waals surface area contributed by atoms with Crippen LogP contribution in [0.25, 0.3) is 0 Å². The van der Waals surface area contributed by atoms with Gasteiger partial charge in [-0.2, -0.15) is 0 Å². The summed E-state index contributed by atoms with van der Waals surface area (Å²) in [6, 6.07) is 8.55. The van der Waals surface area contributed by atoms with E-state index in [-0.39, 0.29) is 0 Å². The van der Waals surface area contributed by atoms with Crippen molar-refractivity contribution < 1.29 is 4.74 Å². The van der Waals surface area contributed by atoms with Gasteiger partial charge in [0.1, 0.15) is 5.75 Å². The predicted molar refractivity (Wildman–Crippen MR) is 74.1 cm³/mol. The molecule has 0 amide bonds. The van der Waals surface area contributed by atoms with Crippen molar-refractivity contribution in [2.45, 2.75) is 38.5 Å². The monoisotopic (exact) mass is 245 g/mol. The number of para-hydroxylation sites is 1. The number of ether oxygens (including phenoxy) is 1. The van der Waals surface area contributed by atoms with Crippen LogP contribution >= 0.6 is 0 Å². The van der Waals surface area contributed by atoms with Crippen molar-refractivity contribution in [2.24, 2.45) is 5.41 Å². The largest absolute Gasteiger partial charge is 0.493 e. The third-order valence-electron chi connectivity index (χ3n) is 4.64. The van der Waals surface area contributed by atoms with Gasteiger partial charge in [0.2, 0.25) is 0 Å². The fourth-order valence-corrected chi connectivity index (χ4v) is 3.44. The van der Waals surface area contributed by atoms with Crippen LogP contribution in [0.15, 0.2) is 24.3 Å². The molecule has 0 bridgehead atoms. The van der Waals surface area contributed by atoms with Crippen molar-refractivity contribution in [1.82, 2.24) is 5.32 Å². The maximum Gasteiger partial charge on any atom is 0.122 e. The lowest BCUT2D eigenvalue weighted by Gasteiger charge is -2.43. The smallest absolute Gasteiger partial charge is 0.122 e. The van der Waals surface area contributed by atoms with Crippen LogP contribution in [0.4, 0.5) is 0 Å². The molecule has 1 aliphatic heterocycles. The van der Waals surface area contributed by atoms with Crippen LogP contribution in [0.3, 0.4) is 0 Å². The Bertz CT molecular complexity index is 411. The van der Waals surface area contributed by atoms with E-state index in [4.69, 9.17) is 4.74 Å². The van der Waals surface area contributed by atoms with E-state index in [0.29, 0.717) is 11.3 Å². The minimum atomic E-state index is 0.543. The number of rotatable bonds is 5. The minimum Gasteiger partial charge on any atom is -0.493 e. The van der Waals surface area contributed by atoms with Crippen LogP contribution in [0, 0.1) is 5.41 Å². The topological polar surface area (TPSA) is 21.3 Å². The molecule has 0 radical (unpaired) electrons. The highest BCUT2D eigenvalue weighted by molar-refractivity contribution is 5.39. The van der Waals surface area contributed by atoms with Crippen molar-refractivity contribution >= 4 is 0 Å². The van der Waals surface area contributed by atoms with Crippen LogP contribution in [0.5, 0.6) is 5.75 Å². The van der Waals surface area contributed by atoms with E-state index in [1.807, 2.05) is 0 Å². The lowest BCUT2D eigenvalue weighted by Crippen LogP contribution is -2.41. The molecular weight excluding hydrogens is 222 g/mol. The number of hydrogen-bond acceptors (Lipinski definition) is 2. The standard InChI is InChI=1S/C16H23NO/c1-2-17-12-16(8-5-9-16)10-13-11-18-15-7-4-3-6-14(13)15/h3-4,6-7,13,17H,2,5,8-12H2,1H3. The quantitative estimate of drug-likeness (QED) is 0.859. The zero-order chi connectivity index (χ0) is 12.4. The zero-order valence-electron chi connectivity index (χ0n) is 11.2. The number of hydrogen-bond donors (Lipinski definition) is 1. The molecule has 1 atom stereocenters. The van der Waals surface area contributed by atoms with E-state index in [9.17, 15) is 0 Å². The Hall–Kier alpha value is -1.02. The van der Waals surface area contributed by atoms with Crippen LogP contribution in [-0.2, 0) is 0 Å². The van der Waals surface area contributed by atoms with Gasteiger partial charge >= 0.3 is 0 Å². The third-order valence-corrected chi connectivity index (χ3v) is 4.64. The summed E-state index contributed by atoms with van der Waals surface area (Å²) in [4.78, 5) is 0. The molecule has 1 saturated carbocycles. The van der Waals surface area contributed by atoms with Gasteiger partial charge in [-0.05, 0) is 37.3 Å². The normalized spacial score (nSPS) is 24.2. The average molecular weight is 245 g/mol. The maximum absolute atomic E-state index is 5.81. The lowest BCUT2D eigenvalue weighted by molar-refractivity contribution is 0.101. The maximum atomic E-state index is 5.81. The second-order valence-corrected chi connectivity index (χ2v) is 5.88. The molecule has 1 aromatic carbocycles. The molecule has 1 unspecified atom stereocenters. The summed E-state index contributed by atoms with van der Waals surface area (Å²) in [7, 11) is 0. The predicted octanol–water partition coefficient (Wildman–Crippen LogP) is 3.33. The summed E-state index contributed by atoms with van der Waals surface area (Å²) in [5.41, 5.74) is 1.97. The van der Waals surface area contributed by atoms with Crippen LogP contribution < -0.4 is 10.1 Å². The second kappa shape index (κ2) is 4.93. The first-order valence-electron chi connectivity index (χ1n) is 7.25. The van der Waals surface area contributed by atoms with Gasteiger partial charge in [0.15, 0.2) is 0 Å². The van der Waals surface area contributed by atoms with Gasteiger partial charge in [-0.3, -0.25) is 0 Å². The summed E-state index contributed by atoms with van der Waals surface area (Å²) in [5, 5.41) is 3.55. The molecule has 3 rings (SSSR count). The van der Waals surface area contributed by atoms with E-state index in [1.165, 1.54) is 37.8 Å². The molecule has 2 heteroatoms. The van der Waals surface area contributed by atoms with Crippen molar-refractivity contribution in [3.8, 4) is 5.75 Å². The van der Waals surface area contributed by atoms with Crippen molar-refractivity contribution in [3.63, 3.8) is 0 Å². The summed E-state index contributed by atoms with van der Waals surface area (Å²) < 4.78 is 5.81. The van der Waals surface area contributed by atoms with Crippen molar-refractivity contribution in [3.05, 3.63) is 29.8 Å². The van der Waals surface area contributed by atoms with Crippen molar-refractivity contribution in [1.29, 1.82) is 0 Å². The molecule has 0 spiro atoms. The SMILES string of the molecule is CCNCC1(CC2COc3ccccc32)CCC1. The van der Waals surface area contributed by atoms with E-state index in [0.717, 1.165) is 18.9 Å². The van der Waals surface area contributed by atoms with Crippen LogP contribution in [0.2, 0.25) is 0 Å². The minimum absolute atomic E-state index is 0.543. The van der Waals surface area contributed by atoms with Crippen LogP contribution in [0.1, 0.15) is 44.1 Å². The Morgan fingerprint density at radius 3 is 2.89 bits per heavy atom. The Morgan fingerprint density at radius 2 is 2.17 bits per heavy atom. The lowest BCUT2D eigenvalue weighted by atomic mass is 9.63. The van der Waals surface area contributed by atoms with E-state index in [1.54, 1.807) is 0 Å². The van der Waals surface area contributed by atoms with E-state index < -0.39 is 0 Å². The fourth-order valence-electron chi connectivity index (χ4n) is 3.44. The molecule has 18 heavy (non-hydrogen) atoms. The zero-order valence-corrected chi connectivity index (χ0v) is 11.2. The molecule has 1 heterocycles. The molecule has 1 fully saturated rings. The van der Waals surface area contributed by atoms with Gasteiger partial charge in [-0.25, -0.2) is 0 Å². The summed E-state index contributed by atoms with van der Waals surface area (Å²) in [6.45, 7) is 5.34. The summed E-state index contributed by atoms with van der Waals surface area (Å²) >= 11 is 0. The molecule has 2 nitrogen and oxygen atoms in total.